The maximum Gasteiger partial charge on any atom is 0.308 e. The highest BCUT2D eigenvalue weighted by Crippen LogP contribution is 2.40. The van der Waals surface area contributed by atoms with E-state index in [0.717, 1.165) is 0 Å². The summed E-state index contributed by atoms with van der Waals surface area (Å²) in [5.74, 6) is -0.829. The molecule has 0 unspecified atom stereocenters. The van der Waals surface area contributed by atoms with E-state index in [4.69, 9.17) is 51.1 Å². The molecule has 1 aromatic heterocycles. The van der Waals surface area contributed by atoms with Gasteiger partial charge in [-0.2, -0.15) is 0 Å². The van der Waals surface area contributed by atoms with Crippen LogP contribution in [-0.4, -0.2) is 35.0 Å². The van der Waals surface area contributed by atoms with E-state index in [1.54, 1.807) is 18.5 Å². The number of rotatable bonds is 7. The van der Waals surface area contributed by atoms with Gasteiger partial charge in [-0.15, -0.1) is 0 Å². The number of nitrogens with zero attached hydrogens (tertiary/aromatic N) is 2. The van der Waals surface area contributed by atoms with Crippen molar-refractivity contribution in [3.05, 3.63) is 44.6 Å². The summed E-state index contributed by atoms with van der Waals surface area (Å²) in [7, 11) is 0. The summed E-state index contributed by atoms with van der Waals surface area (Å²) in [6, 6.07) is 3.02. The van der Waals surface area contributed by atoms with Gasteiger partial charge in [-0.3, -0.25) is 9.59 Å². The lowest BCUT2D eigenvalue weighted by Crippen LogP contribution is -2.22. The van der Waals surface area contributed by atoms with Crippen LogP contribution in [0.15, 0.2) is 24.5 Å². The summed E-state index contributed by atoms with van der Waals surface area (Å²) < 4.78 is 4.87. The van der Waals surface area contributed by atoms with Crippen LogP contribution in [0.1, 0.15) is 6.42 Å². The van der Waals surface area contributed by atoms with E-state index in [0.29, 0.717) is 5.95 Å². The van der Waals surface area contributed by atoms with Crippen LogP contribution >= 0.6 is 46.4 Å². The van der Waals surface area contributed by atoms with Crippen LogP contribution in [0.2, 0.25) is 20.1 Å². The van der Waals surface area contributed by atoms with Crippen LogP contribution in [0.4, 0.5) is 11.6 Å². The van der Waals surface area contributed by atoms with Gasteiger partial charge in [-0.25, -0.2) is 9.97 Å². The third kappa shape index (κ3) is 5.88. The predicted molar refractivity (Wildman–Crippen MR) is 101 cm³/mol. The number of esters is 1. The number of hydrogen-bond donors (Lipinski definition) is 2. The van der Waals surface area contributed by atoms with E-state index < -0.39 is 18.5 Å². The highest BCUT2D eigenvalue weighted by Gasteiger charge is 2.17. The summed E-state index contributed by atoms with van der Waals surface area (Å²) >= 11 is 23.7. The van der Waals surface area contributed by atoms with Gasteiger partial charge in [-0.05, 0) is 12.1 Å². The number of amides is 1. The minimum absolute atomic E-state index is 0.0238. The van der Waals surface area contributed by atoms with Crippen molar-refractivity contribution in [1.82, 2.24) is 9.97 Å². The van der Waals surface area contributed by atoms with Crippen molar-refractivity contribution in [2.24, 2.45) is 0 Å². The smallest absolute Gasteiger partial charge is 0.308 e. The van der Waals surface area contributed by atoms with E-state index in [1.807, 2.05) is 0 Å². The van der Waals surface area contributed by atoms with Gasteiger partial charge in [0.25, 0.3) is 5.91 Å². The topological polar surface area (TPSA) is 93.2 Å². The molecule has 1 aromatic carbocycles. The van der Waals surface area contributed by atoms with Gasteiger partial charge in [0.15, 0.2) is 6.61 Å². The van der Waals surface area contributed by atoms with Crippen molar-refractivity contribution in [1.29, 1.82) is 0 Å². The van der Waals surface area contributed by atoms with Crippen molar-refractivity contribution in [2.75, 3.05) is 23.8 Å². The molecule has 0 atom stereocenters. The molecule has 1 heterocycles. The number of anilines is 2. The van der Waals surface area contributed by atoms with E-state index >= 15 is 0 Å². The molecule has 0 aliphatic heterocycles. The number of ether oxygens (including phenoxy) is 1. The molecule has 0 saturated heterocycles. The molecule has 0 bridgehead atoms. The first-order chi connectivity index (χ1) is 12.4. The average molecular weight is 438 g/mol. The summed E-state index contributed by atoms with van der Waals surface area (Å²) in [5.41, 5.74) is 0.0507. The quantitative estimate of drug-likeness (QED) is 0.500. The van der Waals surface area contributed by atoms with Gasteiger partial charge in [0.05, 0.1) is 32.2 Å². The van der Waals surface area contributed by atoms with Crippen molar-refractivity contribution >= 4 is 69.9 Å². The van der Waals surface area contributed by atoms with Crippen LogP contribution in [0.25, 0.3) is 0 Å². The number of carbonyl (C=O) groups is 2. The van der Waals surface area contributed by atoms with Gasteiger partial charge in [0, 0.05) is 18.9 Å². The summed E-state index contributed by atoms with van der Waals surface area (Å²) in [4.78, 5) is 31.5. The fraction of sp³-hybridized carbons (Fsp3) is 0.200. The van der Waals surface area contributed by atoms with Crippen molar-refractivity contribution < 1.29 is 14.3 Å². The monoisotopic (exact) mass is 436 g/mol. The van der Waals surface area contributed by atoms with Gasteiger partial charge in [0.2, 0.25) is 5.95 Å². The van der Waals surface area contributed by atoms with Crippen LogP contribution < -0.4 is 10.6 Å². The van der Waals surface area contributed by atoms with Crippen molar-refractivity contribution in [3.63, 3.8) is 0 Å². The zero-order chi connectivity index (χ0) is 19.1. The minimum atomic E-state index is -0.639. The lowest BCUT2D eigenvalue weighted by Gasteiger charge is -2.12. The van der Waals surface area contributed by atoms with Crippen LogP contribution in [0.5, 0.6) is 0 Å². The minimum Gasteiger partial charge on any atom is -0.456 e. The molecule has 26 heavy (non-hydrogen) atoms. The van der Waals surface area contributed by atoms with E-state index in [9.17, 15) is 9.59 Å². The number of benzene rings is 1. The summed E-state index contributed by atoms with van der Waals surface area (Å²) in [6.45, 7) is -0.260. The van der Waals surface area contributed by atoms with Gasteiger partial charge in [0.1, 0.15) is 0 Å². The van der Waals surface area contributed by atoms with Gasteiger partial charge >= 0.3 is 5.97 Å². The second-order valence-corrected chi connectivity index (χ2v) is 6.37. The number of aromatic nitrogens is 2. The third-order valence-corrected chi connectivity index (χ3v) is 4.49. The Hall–Kier alpha value is -1.80. The molecule has 7 nitrogen and oxygen atoms in total. The van der Waals surface area contributed by atoms with Crippen molar-refractivity contribution in [3.8, 4) is 0 Å². The maximum absolute atomic E-state index is 11.9. The first-order valence-electron chi connectivity index (χ1n) is 7.18. The molecule has 1 amide bonds. The lowest BCUT2D eigenvalue weighted by atomic mass is 10.3. The van der Waals surface area contributed by atoms with Crippen LogP contribution in [0.3, 0.4) is 0 Å². The Morgan fingerprint density at radius 1 is 1.04 bits per heavy atom. The Balaban J connectivity index is 1.79. The number of halogens is 4. The first-order valence-corrected chi connectivity index (χ1v) is 8.69. The molecule has 0 radical (unpaired) electrons. The molecule has 11 heteroatoms. The molecular weight excluding hydrogens is 426 g/mol. The van der Waals surface area contributed by atoms with Gasteiger partial charge in [-0.1, -0.05) is 46.4 Å². The Kier molecular flexibility index (Phi) is 7.71. The van der Waals surface area contributed by atoms with Crippen molar-refractivity contribution in [2.45, 2.75) is 6.42 Å². The molecule has 0 aliphatic rings. The average Bonchev–Trinajstić information content (AvgIpc) is 2.63. The fourth-order valence-electron chi connectivity index (χ4n) is 1.74. The Bertz CT molecular complexity index is 779. The second-order valence-electron chi connectivity index (χ2n) is 4.80. The molecular formula is C15H12Cl4N4O3. The Morgan fingerprint density at radius 3 is 2.27 bits per heavy atom. The third-order valence-electron chi connectivity index (χ3n) is 2.92. The molecule has 0 aliphatic carbocycles. The SMILES string of the molecule is O=C(COC(=O)CCNc1ncccn1)Nc1c(Cl)c(Cl)cc(Cl)c1Cl. The molecule has 0 saturated carbocycles. The highest BCUT2D eigenvalue weighted by molar-refractivity contribution is 6.50. The number of carbonyl (C=O) groups excluding carboxylic acids is 2. The molecule has 2 N–H and O–H groups in total. The molecule has 2 aromatic rings. The molecule has 2 rings (SSSR count). The second kappa shape index (κ2) is 9.78. The lowest BCUT2D eigenvalue weighted by molar-refractivity contribution is -0.147. The predicted octanol–water partition coefficient (Wildman–Crippen LogP) is 4.07. The van der Waals surface area contributed by atoms with Crippen LogP contribution in [0, 0.1) is 0 Å². The number of nitrogens with one attached hydrogen (secondary N) is 2. The van der Waals surface area contributed by atoms with E-state index in [2.05, 4.69) is 20.6 Å². The summed E-state index contributed by atoms with van der Waals surface area (Å²) in [5, 5.41) is 5.58. The van der Waals surface area contributed by atoms with E-state index in [-0.39, 0.29) is 38.7 Å². The largest absolute Gasteiger partial charge is 0.456 e. The molecule has 0 fully saturated rings. The normalized spacial score (nSPS) is 10.3. The Morgan fingerprint density at radius 2 is 1.65 bits per heavy atom. The van der Waals surface area contributed by atoms with E-state index in [1.165, 1.54) is 6.07 Å². The molecule has 138 valence electrons. The zero-order valence-corrected chi connectivity index (χ0v) is 16.1. The first kappa shape index (κ1) is 20.5. The summed E-state index contributed by atoms with van der Waals surface area (Å²) in [6.07, 6.45) is 3.16. The zero-order valence-electron chi connectivity index (χ0n) is 13.1. The van der Waals surface area contributed by atoms with Gasteiger partial charge < -0.3 is 15.4 Å². The standard InChI is InChI=1S/C15H12Cl4N4O3/c16-8-6-9(17)13(19)14(12(8)18)23-10(24)7-26-11(25)2-5-22-15-20-3-1-4-21-15/h1,3-4,6H,2,5,7H2,(H,23,24)(H,20,21,22). The van der Waals surface area contributed by atoms with Crippen LogP contribution in [-0.2, 0) is 14.3 Å². The highest BCUT2D eigenvalue weighted by atomic mass is 35.5. The number of hydrogen-bond acceptors (Lipinski definition) is 6. The molecule has 0 spiro atoms. The Labute approximate surface area is 169 Å². The maximum atomic E-state index is 11.9. The fourth-order valence-corrected chi connectivity index (χ4v) is 2.65.